The van der Waals surface area contributed by atoms with Crippen LogP contribution in [0.2, 0.25) is 0 Å². The van der Waals surface area contributed by atoms with E-state index in [1.807, 2.05) is 0 Å². The number of hydrogen-bond donors (Lipinski definition) is 0. The van der Waals surface area contributed by atoms with Crippen LogP contribution in [0.15, 0.2) is 29.0 Å². The molecule has 0 aliphatic heterocycles. The summed E-state index contributed by atoms with van der Waals surface area (Å²) in [7, 11) is 0. The SMILES string of the molecule is N#Cc1ncn(-c2ccc(C(F)(F)F)cc2Br)c1C#N. The normalized spacial score (nSPS) is 10.9. The second-order valence-corrected chi connectivity index (χ2v) is 4.55. The molecule has 0 fully saturated rings. The highest BCUT2D eigenvalue weighted by Crippen LogP contribution is 2.33. The minimum atomic E-state index is -4.45. The maximum atomic E-state index is 12.6. The summed E-state index contributed by atoms with van der Waals surface area (Å²) in [5.74, 6) is 0. The van der Waals surface area contributed by atoms with E-state index in [4.69, 9.17) is 10.5 Å². The summed E-state index contributed by atoms with van der Waals surface area (Å²) >= 11 is 3.03. The van der Waals surface area contributed by atoms with Gasteiger partial charge in [0.2, 0.25) is 0 Å². The predicted molar refractivity (Wildman–Crippen MR) is 65.7 cm³/mol. The van der Waals surface area contributed by atoms with Crippen molar-refractivity contribution >= 4 is 15.9 Å². The van der Waals surface area contributed by atoms with Crippen molar-refractivity contribution in [3.63, 3.8) is 0 Å². The summed E-state index contributed by atoms with van der Waals surface area (Å²) in [5, 5.41) is 17.8. The van der Waals surface area contributed by atoms with E-state index in [0.717, 1.165) is 12.1 Å². The third-order valence-electron chi connectivity index (χ3n) is 2.51. The summed E-state index contributed by atoms with van der Waals surface area (Å²) in [6.07, 6.45) is -3.24. The average molecular weight is 341 g/mol. The molecule has 1 aromatic carbocycles. The van der Waals surface area contributed by atoms with Gasteiger partial charge < -0.3 is 0 Å². The van der Waals surface area contributed by atoms with Gasteiger partial charge in [-0.05, 0) is 34.1 Å². The lowest BCUT2D eigenvalue weighted by Gasteiger charge is -2.11. The number of nitriles is 2. The van der Waals surface area contributed by atoms with E-state index in [0.29, 0.717) is 5.69 Å². The van der Waals surface area contributed by atoms with Crippen LogP contribution in [0, 0.1) is 22.7 Å². The maximum Gasteiger partial charge on any atom is 0.416 e. The molecule has 0 spiro atoms. The van der Waals surface area contributed by atoms with Crippen LogP contribution in [0.3, 0.4) is 0 Å². The van der Waals surface area contributed by atoms with E-state index in [1.165, 1.54) is 17.0 Å². The van der Waals surface area contributed by atoms with Crippen LogP contribution < -0.4 is 0 Å². The zero-order valence-electron chi connectivity index (χ0n) is 9.61. The van der Waals surface area contributed by atoms with Crippen LogP contribution in [0.25, 0.3) is 5.69 Å². The molecule has 0 aliphatic carbocycles. The van der Waals surface area contributed by atoms with Gasteiger partial charge in [-0.1, -0.05) is 0 Å². The van der Waals surface area contributed by atoms with Gasteiger partial charge in [0.1, 0.15) is 18.5 Å². The molecule has 0 saturated carbocycles. The Morgan fingerprint density at radius 2 is 1.90 bits per heavy atom. The van der Waals surface area contributed by atoms with E-state index < -0.39 is 11.7 Å². The van der Waals surface area contributed by atoms with Gasteiger partial charge in [0, 0.05) is 4.47 Å². The highest BCUT2D eigenvalue weighted by Gasteiger charge is 2.31. The van der Waals surface area contributed by atoms with Crippen LogP contribution in [0.5, 0.6) is 0 Å². The fourth-order valence-electron chi connectivity index (χ4n) is 1.60. The number of halogens is 4. The van der Waals surface area contributed by atoms with Crippen molar-refractivity contribution in [2.45, 2.75) is 6.18 Å². The Morgan fingerprint density at radius 1 is 1.20 bits per heavy atom. The van der Waals surface area contributed by atoms with E-state index in [9.17, 15) is 13.2 Å². The van der Waals surface area contributed by atoms with Gasteiger partial charge >= 0.3 is 6.18 Å². The fraction of sp³-hybridized carbons (Fsp3) is 0.0833. The summed E-state index contributed by atoms with van der Waals surface area (Å²) < 4.78 is 39.1. The van der Waals surface area contributed by atoms with Crippen molar-refractivity contribution in [2.75, 3.05) is 0 Å². The molecule has 2 rings (SSSR count). The van der Waals surface area contributed by atoms with Crippen LogP contribution in [0.4, 0.5) is 13.2 Å². The lowest BCUT2D eigenvalue weighted by molar-refractivity contribution is -0.137. The van der Waals surface area contributed by atoms with E-state index in [1.54, 1.807) is 12.1 Å². The zero-order valence-corrected chi connectivity index (χ0v) is 11.2. The van der Waals surface area contributed by atoms with Crippen molar-refractivity contribution in [1.82, 2.24) is 9.55 Å². The summed E-state index contributed by atoms with van der Waals surface area (Å²) in [6.45, 7) is 0. The summed E-state index contributed by atoms with van der Waals surface area (Å²) in [6, 6.07) is 6.55. The van der Waals surface area contributed by atoms with E-state index >= 15 is 0 Å². The zero-order chi connectivity index (χ0) is 14.9. The highest BCUT2D eigenvalue weighted by atomic mass is 79.9. The van der Waals surface area contributed by atoms with Crippen molar-refractivity contribution in [1.29, 1.82) is 10.5 Å². The number of imidazole rings is 1. The monoisotopic (exact) mass is 340 g/mol. The van der Waals surface area contributed by atoms with Crippen molar-refractivity contribution in [2.24, 2.45) is 0 Å². The molecule has 100 valence electrons. The van der Waals surface area contributed by atoms with Gasteiger partial charge in [0.15, 0.2) is 11.4 Å². The van der Waals surface area contributed by atoms with Crippen LogP contribution in [0.1, 0.15) is 17.0 Å². The third kappa shape index (κ3) is 2.38. The van der Waals surface area contributed by atoms with E-state index in [-0.39, 0.29) is 15.9 Å². The topological polar surface area (TPSA) is 65.4 Å². The molecule has 0 atom stereocenters. The smallest absolute Gasteiger partial charge is 0.288 e. The number of aromatic nitrogens is 2. The molecule has 8 heteroatoms. The summed E-state index contributed by atoms with van der Waals surface area (Å²) in [4.78, 5) is 3.73. The van der Waals surface area contributed by atoms with Gasteiger partial charge in [-0.15, -0.1) is 0 Å². The third-order valence-corrected chi connectivity index (χ3v) is 3.15. The van der Waals surface area contributed by atoms with Gasteiger partial charge in [-0.3, -0.25) is 4.57 Å². The largest absolute Gasteiger partial charge is 0.416 e. The first-order chi connectivity index (χ1) is 9.38. The molecular formula is C12H4BrF3N4. The Hall–Kier alpha value is -2.32. The Kier molecular flexibility index (Phi) is 3.51. The Labute approximate surface area is 119 Å². The molecule has 0 unspecified atom stereocenters. The van der Waals surface area contributed by atoms with Crippen molar-refractivity contribution < 1.29 is 13.2 Å². The number of hydrogen-bond acceptors (Lipinski definition) is 3. The van der Waals surface area contributed by atoms with Crippen LogP contribution in [-0.2, 0) is 6.18 Å². The molecule has 4 nitrogen and oxygen atoms in total. The number of rotatable bonds is 1. The molecule has 0 bridgehead atoms. The standard InChI is InChI=1S/C12H4BrF3N4/c13-8-3-7(12(14,15)16)1-2-10(8)20-6-19-9(4-17)11(20)5-18/h1-3,6H. The molecular weight excluding hydrogens is 337 g/mol. The Balaban J connectivity index is 2.59. The number of benzene rings is 1. The van der Waals surface area contributed by atoms with Gasteiger partial charge in [-0.25, -0.2) is 4.98 Å². The Bertz CT molecular complexity index is 750. The molecule has 1 heterocycles. The molecule has 0 amide bonds. The minimum absolute atomic E-state index is 0.0343. The molecule has 1 aromatic heterocycles. The maximum absolute atomic E-state index is 12.6. The second kappa shape index (κ2) is 4.99. The highest BCUT2D eigenvalue weighted by molar-refractivity contribution is 9.10. The lowest BCUT2D eigenvalue weighted by Crippen LogP contribution is -2.06. The average Bonchev–Trinajstić information content (AvgIpc) is 2.80. The van der Waals surface area contributed by atoms with Crippen LogP contribution >= 0.6 is 15.9 Å². The van der Waals surface area contributed by atoms with Gasteiger partial charge in [0.05, 0.1) is 11.3 Å². The van der Waals surface area contributed by atoms with Crippen LogP contribution in [-0.4, -0.2) is 9.55 Å². The molecule has 0 aliphatic rings. The van der Waals surface area contributed by atoms with Crippen molar-refractivity contribution in [3.8, 4) is 17.8 Å². The number of alkyl halides is 3. The number of nitrogens with zero attached hydrogens (tertiary/aromatic N) is 4. The second-order valence-electron chi connectivity index (χ2n) is 3.70. The lowest BCUT2D eigenvalue weighted by atomic mass is 10.2. The van der Waals surface area contributed by atoms with Crippen molar-refractivity contribution in [3.05, 3.63) is 46.0 Å². The summed E-state index contributed by atoms with van der Waals surface area (Å²) in [5.41, 5.74) is -0.636. The first-order valence-electron chi connectivity index (χ1n) is 5.13. The predicted octanol–water partition coefficient (Wildman–Crippen LogP) is 3.40. The first kappa shape index (κ1) is 14.1. The van der Waals surface area contributed by atoms with E-state index in [2.05, 4.69) is 20.9 Å². The first-order valence-corrected chi connectivity index (χ1v) is 5.92. The van der Waals surface area contributed by atoms with Gasteiger partial charge in [-0.2, -0.15) is 23.7 Å². The quantitative estimate of drug-likeness (QED) is 0.799. The molecule has 0 N–H and O–H groups in total. The molecule has 0 saturated heterocycles. The fourth-order valence-corrected chi connectivity index (χ4v) is 2.17. The molecule has 2 aromatic rings. The molecule has 20 heavy (non-hydrogen) atoms. The minimum Gasteiger partial charge on any atom is -0.288 e. The van der Waals surface area contributed by atoms with Gasteiger partial charge in [0.25, 0.3) is 0 Å². The Morgan fingerprint density at radius 3 is 2.40 bits per heavy atom. The molecule has 0 radical (unpaired) electrons.